The van der Waals surface area contributed by atoms with Gasteiger partial charge >= 0.3 is 12.1 Å². The van der Waals surface area contributed by atoms with Crippen molar-refractivity contribution in [3.63, 3.8) is 0 Å². The van der Waals surface area contributed by atoms with E-state index < -0.39 is 53.5 Å². The Kier molecular flexibility index (Phi) is 12.1. The van der Waals surface area contributed by atoms with E-state index in [-0.39, 0.29) is 36.5 Å². The van der Waals surface area contributed by atoms with E-state index in [1.807, 2.05) is 50.8 Å². The number of esters is 1. The van der Waals surface area contributed by atoms with Crippen molar-refractivity contribution in [3.05, 3.63) is 92.1 Å². The first-order valence-corrected chi connectivity index (χ1v) is 16.9. The molecule has 1 aliphatic rings. The van der Waals surface area contributed by atoms with E-state index in [0.29, 0.717) is 29.7 Å². The average molecular weight is 686 g/mol. The zero-order valence-electron chi connectivity index (χ0n) is 29.3. The van der Waals surface area contributed by atoms with Crippen molar-refractivity contribution in [1.29, 1.82) is 0 Å². The number of nitrogens with zero attached hydrogens (tertiary/aromatic N) is 2. The number of amides is 1. The van der Waals surface area contributed by atoms with Gasteiger partial charge in [-0.05, 0) is 97.9 Å². The Morgan fingerprint density at radius 2 is 1.69 bits per heavy atom. The quantitative estimate of drug-likeness (QED) is 0.149. The molecule has 0 aliphatic carbocycles. The summed E-state index contributed by atoms with van der Waals surface area (Å²) in [6, 6.07) is 7.26. The number of ether oxygens (including phenoxy) is 1. The molecule has 266 valence electrons. The molecule has 0 bridgehead atoms. The molecule has 2 heterocycles. The second-order valence-electron chi connectivity index (χ2n) is 13.7. The van der Waals surface area contributed by atoms with Crippen LogP contribution in [0.15, 0.2) is 47.4 Å². The van der Waals surface area contributed by atoms with Crippen LogP contribution in [0, 0.1) is 38.4 Å². The summed E-state index contributed by atoms with van der Waals surface area (Å²) in [7, 11) is 0. The van der Waals surface area contributed by atoms with Crippen LogP contribution in [0.3, 0.4) is 0 Å². The summed E-state index contributed by atoms with van der Waals surface area (Å²) in [6.45, 7) is 14.8. The lowest BCUT2D eigenvalue weighted by molar-refractivity contribution is -0.144. The van der Waals surface area contributed by atoms with Gasteiger partial charge in [-0.15, -0.1) is 0 Å². The zero-order valence-corrected chi connectivity index (χ0v) is 29.3. The SMILES string of the molecule is CCOC(=O)C[C@H](NC(=O)C(CC(C)C)n1cc(CCN2CC(C)C2)c(C(F)(F)F)cc1=O)c1cc(-c2c(C)cccc2C)cc(C)c1F. The summed E-state index contributed by atoms with van der Waals surface area (Å²) >= 11 is 0. The number of likely N-dealkylation sites (tertiary alicyclic amines) is 1. The second-order valence-corrected chi connectivity index (χ2v) is 13.7. The number of halogens is 4. The van der Waals surface area contributed by atoms with E-state index in [9.17, 15) is 27.6 Å². The Bertz CT molecular complexity index is 1710. The maximum Gasteiger partial charge on any atom is 0.416 e. The Morgan fingerprint density at radius 1 is 1.04 bits per heavy atom. The average Bonchev–Trinajstić information content (AvgIpc) is 2.98. The predicted molar refractivity (Wildman–Crippen MR) is 182 cm³/mol. The van der Waals surface area contributed by atoms with Crippen molar-refractivity contribution < 1.29 is 31.9 Å². The van der Waals surface area contributed by atoms with Crippen molar-refractivity contribution >= 4 is 11.9 Å². The van der Waals surface area contributed by atoms with Gasteiger partial charge < -0.3 is 19.5 Å². The zero-order chi connectivity index (χ0) is 36.2. The third kappa shape index (κ3) is 9.17. The van der Waals surface area contributed by atoms with Crippen LogP contribution < -0.4 is 10.9 Å². The lowest BCUT2D eigenvalue weighted by Crippen LogP contribution is -2.46. The molecular formula is C38H47F4N3O4. The van der Waals surface area contributed by atoms with E-state index in [1.54, 1.807) is 26.0 Å². The van der Waals surface area contributed by atoms with Crippen LogP contribution in [-0.4, -0.2) is 47.6 Å². The maximum absolute atomic E-state index is 16.0. The number of benzene rings is 2. The largest absolute Gasteiger partial charge is 0.466 e. The number of rotatable bonds is 13. The molecule has 11 heteroatoms. The van der Waals surface area contributed by atoms with Crippen molar-refractivity contribution in [2.24, 2.45) is 11.8 Å². The predicted octanol–water partition coefficient (Wildman–Crippen LogP) is 7.49. The van der Waals surface area contributed by atoms with Crippen molar-refractivity contribution in [1.82, 2.24) is 14.8 Å². The number of nitrogens with one attached hydrogen (secondary N) is 1. The molecule has 2 aromatic carbocycles. The molecule has 1 unspecified atom stereocenters. The molecule has 0 saturated carbocycles. The number of carbonyl (C=O) groups is 2. The van der Waals surface area contributed by atoms with Crippen molar-refractivity contribution in [2.75, 3.05) is 26.2 Å². The van der Waals surface area contributed by atoms with Gasteiger partial charge in [-0.3, -0.25) is 14.4 Å². The molecule has 0 spiro atoms. The summed E-state index contributed by atoms with van der Waals surface area (Å²) in [4.78, 5) is 42.4. The Hall–Kier alpha value is -3.99. The molecular weight excluding hydrogens is 638 g/mol. The molecule has 2 atom stereocenters. The lowest BCUT2D eigenvalue weighted by Gasteiger charge is -2.37. The van der Waals surface area contributed by atoms with E-state index in [4.69, 9.17) is 4.74 Å². The van der Waals surface area contributed by atoms with Gasteiger partial charge in [-0.2, -0.15) is 13.2 Å². The molecule has 1 aliphatic heterocycles. The number of alkyl halides is 3. The van der Waals surface area contributed by atoms with Gasteiger partial charge in [0.25, 0.3) is 5.56 Å². The van der Waals surface area contributed by atoms with E-state index in [1.165, 1.54) is 0 Å². The van der Waals surface area contributed by atoms with Gasteiger partial charge in [0.1, 0.15) is 11.9 Å². The van der Waals surface area contributed by atoms with Gasteiger partial charge in [0.15, 0.2) is 0 Å². The van der Waals surface area contributed by atoms with Crippen LogP contribution in [0.25, 0.3) is 11.1 Å². The number of aromatic nitrogens is 1. The lowest BCUT2D eigenvalue weighted by atomic mass is 9.90. The third-order valence-corrected chi connectivity index (χ3v) is 9.06. The first-order valence-electron chi connectivity index (χ1n) is 16.9. The van der Waals surface area contributed by atoms with Gasteiger partial charge in [-0.25, -0.2) is 4.39 Å². The van der Waals surface area contributed by atoms with Gasteiger partial charge in [-0.1, -0.05) is 39.0 Å². The summed E-state index contributed by atoms with van der Waals surface area (Å²) in [5, 5.41) is 2.80. The minimum atomic E-state index is -4.76. The number of hydrogen-bond acceptors (Lipinski definition) is 5. The summed E-state index contributed by atoms with van der Waals surface area (Å²) < 4.78 is 64.5. The van der Waals surface area contributed by atoms with Crippen LogP contribution in [0.4, 0.5) is 17.6 Å². The molecule has 0 radical (unpaired) electrons. The molecule has 1 N–H and O–H groups in total. The van der Waals surface area contributed by atoms with Crippen LogP contribution in [-0.2, 0) is 26.9 Å². The fourth-order valence-corrected chi connectivity index (χ4v) is 6.74. The summed E-state index contributed by atoms with van der Waals surface area (Å²) in [6.07, 6.45) is -3.86. The van der Waals surface area contributed by atoms with Crippen LogP contribution >= 0.6 is 0 Å². The van der Waals surface area contributed by atoms with E-state index >= 15 is 4.39 Å². The topological polar surface area (TPSA) is 80.6 Å². The molecule has 4 rings (SSSR count). The molecule has 3 aromatic rings. The first-order chi connectivity index (χ1) is 23.0. The van der Waals surface area contributed by atoms with Crippen LogP contribution in [0.5, 0.6) is 0 Å². The van der Waals surface area contributed by atoms with Gasteiger partial charge in [0.05, 0.1) is 24.6 Å². The third-order valence-electron chi connectivity index (χ3n) is 9.06. The fourth-order valence-electron chi connectivity index (χ4n) is 6.74. The Labute approximate surface area is 285 Å². The van der Waals surface area contributed by atoms with Crippen molar-refractivity contribution in [3.8, 4) is 11.1 Å². The van der Waals surface area contributed by atoms with Crippen LogP contribution in [0.1, 0.15) is 86.0 Å². The smallest absolute Gasteiger partial charge is 0.416 e. The monoisotopic (exact) mass is 685 g/mol. The highest BCUT2D eigenvalue weighted by molar-refractivity contribution is 5.82. The number of hydrogen-bond donors (Lipinski definition) is 1. The minimum absolute atomic E-state index is 0.0406. The highest BCUT2D eigenvalue weighted by Crippen LogP contribution is 2.35. The van der Waals surface area contributed by atoms with Gasteiger partial charge in [0.2, 0.25) is 5.91 Å². The van der Waals surface area contributed by atoms with Gasteiger partial charge in [0, 0.05) is 37.5 Å². The van der Waals surface area contributed by atoms with E-state index in [0.717, 1.165) is 40.5 Å². The summed E-state index contributed by atoms with van der Waals surface area (Å²) in [5.41, 5.74) is 1.79. The molecule has 1 aromatic heterocycles. The highest BCUT2D eigenvalue weighted by atomic mass is 19.4. The highest BCUT2D eigenvalue weighted by Gasteiger charge is 2.36. The minimum Gasteiger partial charge on any atom is -0.466 e. The number of aryl methyl sites for hydroxylation is 3. The Balaban J connectivity index is 1.78. The standard InChI is InChI=1S/C38H47F4N3O4/c1-8-49-34(47)18-31(29-16-28(15-26(7)36(29)39)35-24(5)10-9-11-25(35)6)43-37(48)32(14-22(2)3)45-21-27(12-13-44-19-23(4)20-44)30(17-33(45)46)38(40,41)42/h9-11,15-17,21-23,31-32H,8,12-14,18-20H2,1-7H3,(H,43,48)/t31-,32?/m0/s1. The van der Waals surface area contributed by atoms with Crippen LogP contribution in [0.2, 0.25) is 0 Å². The maximum atomic E-state index is 16.0. The first kappa shape index (κ1) is 37.8. The number of pyridine rings is 1. The normalized spacial score (nSPS) is 15.2. The van der Waals surface area contributed by atoms with E-state index in [2.05, 4.69) is 12.2 Å². The molecule has 7 nitrogen and oxygen atoms in total. The molecule has 1 fully saturated rings. The molecule has 1 amide bonds. The Morgan fingerprint density at radius 3 is 2.27 bits per heavy atom. The fraction of sp³-hybridized carbons (Fsp3) is 0.500. The van der Waals surface area contributed by atoms with Crippen molar-refractivity contribution in [2.45, 2.75) is 86.0 Å². The summed E-state index contributed by atoms with van der Waals surface area (Å²) in [5.74, 6) is -1.68. The second kappa shape index (κ2) is 15.7. The molecule has 1 saturated heterocycles. The number of carbonyl (C=O) groups excluding carboxylic acids is 2. The molecule has 49 heavy (non-hydrogen) atoms.